The number of guanidine groups is 1. The molecule has 2 aromatic carbocycles. The van der Waals surface area contributed by atoms with Gasteiger partial charge in [-0.25, -0.2) is 4.99 Å². The molecule has 1 fully saturated rings. The van der Waals surface area contributed by atoms with Crippen LogP contribution in [0.3, 0.4) is 0 Å². The Labute approximate surface area is 173 Å². The molecule has 0 saturated carbocycles. The highest BCUT2D eigenvalue weighted by Crippen LogP contribution is 2.12. The minimum Gasteiger partial charge on any atom is -0.489 e. The highest BCUT2D eigenvalue weighted by molar-refractivity contribution is 5.79. The Morgan fingerprint density at radius 1 is 1.00 bits per heavy atom. The van der Waals surface area contributed by atoms with Gasteiger partial charge in [0.15, 0.2) is 5.96 Å². The second-order valence-corrected chi connectivity index (χ2v) is 6.99. The monoisotopic (exact) mass is 396 g/mol. The number of benzene rings is 2. The fraction of sp³-hybridized carbons (Fsp3) is 0.435. The molecule has 6 heteroatoms. The average Bonchev–Trinajstić information content (AvgIpc) is 2.78. The summed E-state index contributed by atoms with van der Waals surface area (Å²) in [6.45, 7) is 9.71. The van der Waals surface area contributed by atoms with E-state index in [0.717, 1.165) is 63.2 Å². The van der Waals surface area contributed by atoms with Crippen LogP contribution < -0.4 is 15.4 Å². The number of nitrogens with one attached hydrogen (secondary N) is 2. The van der Waals surface area contributed by atoms with Gasteiger partial charge in [-0.1, -0.05) is 42.5 Å². The van der Waals surface area contributed by atoms with E-state index in [-0.39, 0.29) is 0 Å². The van der Waals surface area contributed by atoms with Gasteiger partial charge in [0, 0.05) is 32.7 Å². The van der Waals surface area contributed by atoms with Gasteiger partial charge in [0.1, 0.15) is 12.4 Å². The van der Waals surface area contributed by atoms with Gasteiger partial charge in [-0.15, -0.1) is 0 Å². The van der Waals surface area contributed by atoms with Gasteiger partial charge in [-0.3, -0.25) is 4.90 Å². The third-order valence-corrected chi connectivity index (χ3v) is 4.76. The number of para-hydroxylation sites is 1. The van der Waals surface area contributed by atoms with Gasteiger partial charge in [0.2, 0.25) is 0 Å². The molecule has 3 rings (SSSR count). The maximum atomic E-state index is 5.80. The predicted molar refractivity (Wildman–Crippen MR) is 117 cm³/mol. The van der Waals surface area contributed by atoms with Crippen LogP contribution in [0.1, 0.15) is 18.1 Å². The van der Waals surface area contributed by atoms with E-state index in [1.165, 1.54) is 5.56 Å². The van der Waals surface area contributed by atoms with Crippen molar-refractivity contribution < 1.29 is 9.47 Å². The molecule has 0 unspecified atom stereocenters. The standard InChI is InChI=1S/C23H32N4O2/c1-2-24-23(25-12-13-27-14-16-28-17-15-27)26-18-20-8-10-21(11-9-20)19-29-22-6-4-3-5-7-22/h3-11H,2,12-19H2,1H3,(H2,24,25,26). The summed E-state index contributed by atoms with van der Waals surface area (Å²) >= 11 is 0. The summed E-state index contributed by atoms with van der Waals surface area (Å²) in [6.07, 6.45) is 0. The summed E-state index contributed by atoms with van der Waals surface area (Å²) in [6, 6.07) is 18.3. The topological polar surface area (TPSA) is 58.1 Å². The lowest BCUT2D eigenvalue weighted by molar-refractivity contribution is 0.0389. The van der Waals surface area contributed by atoms with Gasteiger partial charge in [-0.2, -0.15) is 0 Å². The van der Waals surface area contributed by atoms with Crippen molar-refractivity contribution >= 4 is 5.96 Å². The Balaban J connectivity index is 1.44. The van der Waals surface area contributed by atoms with Gasteiger partial charge in [0.05, 0.1) is 19.8 Å². The zero-order chi connectivity index (χ0) is 20.2. The molecule has 0 spiro atoms. The molecule has 1 saturated heterocycles. The summed E-state index contributed by atoms with van der Waals surface area (Å²) in [4.78, 5) is 7.12. The lowest BCUT2D eigenvalue weighted by Gasteiger charge is -2.26. The highest BCUT2D eigenvalue weighted by Gasteiger charge is 2.09. The van der Waals surface area contributed by atoms with Crippen molar-refractivity contribution in [1.29, 1.82) is 0 Å². The molecule has 6 nitrogen and oxygen atoms in total. The van der Waals surface area contributed by atoms with E-state index in [2.05, 4.69) is 46.7 Å². The lowest BCUT2D eigenvalue weighted by atomic mass is 10.1. The third-order valence-electron chi connectivity index (χ3n) is 4.76. The van der Waals surface area contributed by atoms with E-state index in [1.807, 2.05) is 30.3 Å². The number of nitrogens with zero attached hydrogens (tertiary/aromatic N) is 2. The zero-order valence-electron chi connectivity index (χ0n) is 17.3. The van der Waals surface area contributed by atoms with E-state index in [1.54, 1.807) is 0 Å². The summed E-state index contributed by atoms with van der Waals surface area (Å²) < 4.78 is 11.2. The van der Waals surface area contributed by atoms with Crippen LogP contribution in [0.5, 0.6) is 5.75 Å². The number of rotatable bonds is 9. The normalized spacial score (nSPS) is 15.1. The van der Waals surface area contributed by atoms with Gasteiger partial charge in [-0.05, 0) is 30.2 Å². The van der Waals surface area contributed by atoms with Crippen molar-refractivity contribution in [2.75, 3.05) is 45.9 Å². The molecule has 0 atom stereocenters. The zero-order valence-corrected chi connectivity index (χ0v) is 17.3. The molecule has 1 heterocycles. The number of ether oxygens (including phenoxy) is 2. The molecular weight excluding hydrogens is 364 g/mol. The molecule has 2 aromatic rings. The van der Waals surface area contributed by atoms with Crippen molar-refractivity contribution in [2.24, 2.45) is 4.99 Å². The van der Waals surface area contributed by atoms with Crippen molar-refractivity contribution in [3.8, 4) is 5.75 Å². The number of morpholine rings is 1. The molecular formula is C23H32N4O2. The van der Waals surface area contributed by atoms with Crippen molar-refractivity contribution in [3.05, 3.63) is 65.7 Å². The molecule has 2 N–H and O–H groups in total. The largest absolute Gasteiger partial charge is 0.489 e. The van der Waals surface area contributed by atoms with E-state index in [0.29, 0.717) is 13.2 Å². The first-order valence-electron chi connectivity index (χ1n) is 10.4. The molecule has 1 aliphatic heterocycles. The minimum absolute atomic E-state index is 0.569. The van der Waals surface area contributed by atoms with Crippen LogP contribution in [-0.4, -0.2) is 56.8 Å². The van der Waals surface area contributed by atoms with E-state index in [4.69, 9.17) is 14.5 Å². The fourth-order valence-electron chi connectivity index (χ4n) is 3.09. The first-order chi connectivity index (χ1) is 14.3. The van der Waals surface area contributed by atoms with Crippen LogP contribution in [0.2, 0.25) is 0 Å². The Bertz CT molecular complexity index is 728. The molecule has 1 aliphatic rings. The van der Waals surface area contributed by atoms with E-state index >= 15 is 0 Å². The summed E-state index contributed by atoms with van der Waals surface area (Å²) in [7, 11) is 0. The first-order valence-corrected chi connectivity index (χ1v) is 10.4. The molecule has 0 amide bonds. The molecule has 0 aromatic heterocycles. The predicted octanol–water partition coefficient (Wildman–Crippen LogP) is 2.65. The summed E-state index contributed by atoms with van der Waals surface area (Å²) in [5.41, 5.74) is 2.33. The van der Waals surface area contributed by atoms with Crippen LogP contribution >= 0.6 is 0 Å². The minimum atomic E-state index is 0.569. The van der Waals surface area contributed by atoms with Gasteiger partial charge >= 0.3 is 0 Å². The third kappa shape index (κ3) is 7.75. The van der Waals surface area contributed by atoms with Crippen LogP contribution in [0.15, 0.2) is 59.6 Å². The Morgan fingerprint density at radius 3 is 2.45 bits per heavy atom. The quantitative estimate of drug-likeness (QED) is 0.504. The van der Waals surface area contributed by atoms with Crippen LogP contribution in [0.25, 0.3) is 0 Å². The Kier molecular flexibility index (Phi) is 8.82. The van der Waals surface area contributed by atoms with Crippen molar-refractivity contribution in [1.82, 2.24) is 15.5 Å². The van der Waals surface area contributed by atoms with Crippen LogP contribution in [0, 0.1) is 0 Å². The smallest absolute Gasteiger partial charge is 0.191 e. The molecule has 0 aliphatic carbocycles. The fourth-order valence-corrected chi connectivity index (χ4v) is 3.09. The van der Waals surface area contributed by atoms with Crippen LogP contribution in [0.4, 0.5) is 0 Å². The van der Waals surface area contributed by atoms with E-state index in [9.17, 15) is 0 Å². The second-order valence-electron chi connectivity index (χ2n) is 6.99. The SMILES string of the molecule is CCNC(=NCc1ccc(COc2ccccc2)cc1)NCCN1CCOCC1. The maximum Gasteiger partial charge on any atom is 0.191 e. The van der Waals surface area contributed by atoms with Gasteiger partial charge < -0.3 is 20.1 Å². The molecule has 0 radical (unpaired) electrons. The molecule has 29 heavy (non-hydrogen) atoms. The Hall–Kier alpha value is -2.57. The maximum absolute atomic E-state index is 5.80. The summed E-state index contributed by atoms with van der Waals surface area (Å²) in [5, 5.41) is 6.74. The highest BCUT2D eigenvalue weighted by atomic mass is 16.5. The number of aliphatic imine (C=N–C) groups is 1. The van der Waals surface area contributed by atoms with Crippen LogP contribution in [-0.2, 0) is 17.9 Å². The lowest BCUT2D eigenvalue weighted by Crippen LogP contribution is -2.44. The van der Waals surface area contributed by atoms with Gasteiger partial charge in [0.25, 0.3) is 0 Å². The first kappa shape index (κ1) is 21.1. The van der Waals surface area contributed by atoms with Crippen molar-refractivity contribution in [2.45, 2.75) is 20.1 Å². The molecule has 156 valence electrons. The second kappa shape index (κ2) is 12.1. The molecule has 0 bridgehead atoms. The van der Waals surface area contributed by atoms with E-state index < -0.39 is 0 Å². The Morgan fingerprint density at radius 2 is 1.72 bits per heavy atom. The number of hydrogen-bond acceptors (Lipinski definition) is 4. The number of hydrogen-bond donors (Lipinski definition) is 2. The summed E-state index contributed by atoms with van der Waals surface area (Å²) in [5.74, 6) is 1.75. The average molecular weight is 397 g/mol. The van der Waals surface area contributed by atoms with Crippen molar-refractivity contribution in [3.63, 3.8) is 0 Å².